The summed E-state index contributed by atoms with van der Waals surface area (Å²) in [5.74, 6) is -2.00. The van der Waals surface area contributed by atoms with E-state index in [4.69, 9.17) is 0 Å². The van der Waals surface area contributed by atoms with E-state index >= 15 is 0 Å². The number of nitrogens with one attached hydrogen (secondary N) is 1. The molecule has 0 unspecified atom stereocenters. The molecule has 2 rings (SSSR count). The summed E-state index contributed by atoms with van der Waals surface area (Å²) in [4.78, 5) is 48.8. The topological polar surface area (TPSA) is 92.8 Å². The van der Waals surface area contributed by atoms with Crippen LogP contribution in [0.25, 0.3) is 0 Å². The van der Waals surface area contributed by atoms with Crippen molar-refractivity contribution in [3.8, 4) is 0 Å². The lowest BCUT2D eigenvalue weighted by molar-refractivity contribution is -0.142. The largest absolute Gasteiger partial charge is 0.467 e. The van der Waals surface area contributed by atoms with Gasteiger partial charge in [-0.1, -0.05) is 6.08 Å². The Bertz CT molecular complexity index is 710. The van der Waals surface area contributed by atoms with E-state index in [9.17, 15) is 19.2 Å². The minimum Gasteiger partial charge on any atom is -0.467 e. The highest BCUT2D eigenvalue weighted by Crippen LogP contribution is 2.24. The van der Waals surface area contributed by atoms with Gasteiger partial charge in [-0.25, -0.2) is 4.79 Å². The lowest BCUT2D eigenvalue weighted by Gasteiger charge is -2.11. The van der Waals surface area contributed by atoms with E-state index in [-0.39, 0.29) is 23.2 Å². The summed E-state index contributed by atoms with van der Waals surface area (Å²) in [5, 5.41) is 2.46. The Balaban J connectivity index is 2.25. The molecule has 0 saturated carbocycles. The van der Waals surface area contributed by atoms with Crippen LogP contribution in [0.4, 0.5) is 0 Å². The van der Waals surface area contributed by atoms with Crippen LogP contribution in [0.2, 0.25) is 0 Å². The van der Waals surface area contributed by atoms with E-state index in [2.05, 4.69) is 16.6 Å². The van der Waals surface area contributed by atoms with Gasteiger partial charge in [0.2, 0.25) is 0 Å². The Kier molecular flexibility index (Phi) is 4.59. The second kappa shape index (κ2) is 6.43. The molecule has 0 aliphatic carbocycles. The number of imide groups is 1. The summed E-state index contributed by atoms with van der Waals surface area (Å²) in [6.07, 6.45) is 1.45. The molecule has 7 nitrogen and oxygen atoms in total. The molecule has 0 aromatic heterocycles. The van der Waals surface area contributed by atoms with Crippen molar-refractivity contribution in [1.29, 1.82) is 0 Å². The fourth-order valence-electron chi connectivity index (χ4n) is 2.24. The van der Waals surface area contributed by atoms with Crippen LogP contribution >= 0.6 is 0 Å². The first kappa shape index (κ1) is 16.4. The first-order chi connectivity index (χ1) is 10.9. The molecule has 0 fully saturated rings. The summed E-state index contributed by atoms with van der Waals surface area (Å²) in [7, 11) is 1.22. The minimum atomic E-state index is -0.824. The molecule has 120 valence electrons. The zero-order chi connectivity index (χ0) is 17.1. The molecular weight excluding hydrogens is 300 g/mol. The molecule has 1 N–H and O–H groups in total. The second-order valence-electron chi connectivity index (χ2n) is 4.99. The van der Waals surface area contributed by atoms with Crippen molar-refractivity contribution in [3.05, 3.63) is 47.5 Å². The number of methoxy groups -OCH3 is 1. The van der Waals surface area contributed by atoms with E-state index in [1.807, 2.05) is 0 Å². The third-order valence-corrected chi connectivity index (χ3v) is 3.45. The first-order valence-corrected chi connectivity index (χ1v) is 6.90. The Hall–Kier alpha value is -2.96. The van der Waals surface area contributed by atoms with E-state index < -0.39 is 29.7 Å². The zero-order valence-corrected chi connectivity index (χ0v) is 12.8. The zero-order valence-electron chi connectivity index (χ0n) is 12.8. The van der Waals surface area contributed by atoms with Gasteiger partial charge in [0, 0.05) is 12.1 Å². The number of nitrogens with zero attached hydrogens (tertiary/aromatic N) is 1. The third-order valence-electron chi connectivity index (χ3n) is 3.45. The highest BCUT2D eigenvalue weighted by atomic mass is 16.5. The fourth-order valence-corrected chi connectivity index (χ4v) is 2.24. The number of hydrogen-bond donors (Lipinski definition) is 1. The molecule has 7 heteroatoms. The maximum Gasteiger partial charge on any atom is 0.328 e. The molecule has 1 aromatic rings. The molecule has 1 atom stereocenters. The fraction of sp³-hybridized carbons (Fsp3) is 0.250. The summed E-state index contributed by atoms with van der Waals surface area (Å²) in [6.45, 7) is 5.09. The third kappa shape index (κ3) is 2.98. The number of amides is 3. The Morgan fingerprint density at radius 2 is 1.96 bits per heavy atom. The molecule has 23 heavy (non-hydrogen) atoms. The van der Waals surface area contributed by atoms with Gasteiger partial charge in [0.25, 0.3) is 17.7 Å². The monoisotopic (exact) mass is 316 g/mol. The highest BCUT2D eigenvalue weighted by Gasteiger charge is 2.35. The van der Waals surface area contributed by atoms with Gasteiger partial charge in [-0.15, -0.1) is 6.58 Å². The maximum atomic E-state index is 12.2. The average molecular weight is 316 g/mol. The molecule has 1 aliphatic heterocycles. The van der Waals surface area contributed by atoms with Crippen LogP contribution in [0.1, 0.15) is 38.0 Å². The number of carbonyl (C=O) groups excluding carboxylic acids is 4. The highest BCUT2D eigenvalue weighted by molar-refractivity contribution is 6.22. The van der Waals surface area contributed by atoms with Crippen molar-refractivity contribution in [3.63, 3.8) is 0 Å². The number of esters is 1. The molecule has 1 aromatic carbocycles. The number of benzene rings is 1. The number of fused-ring (bicyclic) bond motifs is 1. The van der Waals surface area contributed by atoms with Crippen LogP contribution in [-0.4, -0.2) is 48.3 Å². The van der Waals surface area contributed by atoms with Crippen LogP contribution in [0.15, 0.2) is 30.9 Å². The van der Waals surface area contributed by atoms with Crippen molar-refractivity contribution < 1.29 is 23.9 Å². The van der Waals surface area contributed by atoms with Crippen LogP contribution in [0.3, 0.4) is 0 Å². The SMILES string of the molecule is C=CCN1C(=O)c2ccc(C(=O)N[C@@H](C)C(=O)OC)cc2C1=O. The summed E-state index contributed by atoms with van der Waals surface area (Å²) in [5.41, 5.74) is 0.589. The van der Waals surface area contributed by atoms with Crippen molar-refractivity contribution in [2.24, 2.45) is 0 Å². The molecule has 0 bridgehead atoms. The molecule has 0 spiro atoms. The van der Waals surface area contributed by atoms with Gasteiger partial charge in [0.05, 0.1) is 18.2 Å². The quantitative estimate of drug-likeness (QED) is 0.492. The van der Waals surface area contributed by atoms with Crippen LogP contribution in [0, 0.1) is 0 Å². The lowest BCUT2D eigenvalue weighted by atomic mass is 10.1. The Labute approximate surface area is 132 Å². The van der Waals surface area contributed by atoms with Crippen molar-refractivity contribution in [2.45, 2.75) is 13.0 Å². The van der Waals surface area contributed by atoms with Crippen LogP contribution < -0.4 is 5.32 Å². The first-order valence-electron chi connectivity index (χ1n) is 6.90. The van der Waals surface area contributed by atoms with E-state index in [1.54, 1.807) is 0 Å². The van der Waals surface area contributed by atoms with Gasteiger partial charge in [-0.3, -0.25) is 19.3 Å². The van der Waals surface area contributed by atoms with Crippen molar-refractivity contribution in [1.82, 2.24) is 10.2 Å². The molecule has 3 amide bonds. The molecule has 0 saturated heterocycles. The molecule has 1 heterocycles. The normalized spacial score (nSPS) is 14.3. The Morgan fingerprint density at radius 1 is 1.30 bits per heavy atom. The minimum absolute atomic E-state index is 0.104. The van der Waals surface area contributed by atoms with Gasteiger partial charge in [-0.05, 0) is 25.1 Å². The predicted octanol–water partition coefficient (Wildman–Crippen LogP) is 0.760. The molecular formula is C16H16N2O5. The van der Waals surface area contributed by atoms with E-state index in [0.717, 1.165) is 4.90 Å². The molecule has 0 radical (unpaired) electrons. The maximum absolute atomic E-state index is 12.2. The van der Waals surface area contributed by atoms with Gasteiger partial charge in [-0.2, -0.15) is 0 Å². The van der Waals surface area contributed by atoms with Crippen molar-refractivity contribution >= 4 is 23.7 Å². The summed E-state index contributed by atoms with van der Waals surface area (Å²) < 4.78 is 4.53. The van der Waals surface area contributed by atoms with Gasteiger partial charge in [0.15, 0.2) is 0 Å². The average Bonchev–Trinajstić information content (AvgIpc) is 2.78. The van der Waals surface area contributed by atoms with Gasteiger partial charge >= 0.3 is 5.97 Å². The predicted molar refractivity (Wildman–Crippen MR) is 81.0 cm³/mol. The molecule has 1 aliphatic rings. The second-order valence-corrected chi connectivity index (χ2v) is 4.99. The Morgan fingerprint density at radius 3 is 2.57 bits per heavy atom. The van der Waals surface area contributed by atoms with Crippen molar-refractivity contribution in [2.75, 3.05) is 13.7 Å². The number of carbonyl (C=O) groups is 4. The summed E-state index contributed by atoms with van der Waals surface area (Å²) in [6, 6.07) is 3.38. The summed E-state index contributed by atoms with van der Waals surface area (Å²) >= 11 is 0. The van der Waals surface area contributed by atoms with Crippen LogP contribution in [0.5, 0.6) is 0 Å². The van der Waals surface area contributed by atoms with Crippen LogP contribution in [-0.2, 0) is 9.53 Å². The van der Waals surface area contributed by atoms with Gasteiger partial charge < -0.3 is 10.1 Å². The number of rotatable bonds is 5. The van der Waals surface area contributed by atoms with E-state index in [1.165, 1.54) is 38.3 Å². The van der Waals surface area contributed by atoms with Gasteiger partial charge in [0.1, 0.15) is 6.04 Å². The standard InChI is InChI=1S/C16H16N2O5/c1-4-7-18-14(20)11-6-5-10(8-12(11)15(18)21)13(19)17-9(2)16(22)23-3/h4-6,8-9H,1,7H2,2-3H3,(H,17,19)/t9-/m0/s1. The van der Waals surface area contributed by atoms with E-state index in [0.29, 0.717) is 0 Å². The number of ether oxygens (including phenoxy) is 1. The number of hydrogen-bond acceptors (Lipinski definition) is 5. The smallest absolute Gasteiger partial charge is 0.328 e. The lowest BCUT2D eigenvalue weighted by Crippen LogP contribution is -2.39.